The van der Waals surface area contributed by atoms with Gasteiger partial charge in [-0.3, -0.25) is 9.69 Å². The SMILES string of the molecule is CC(=O)N(c1nc(CN(C)C)c(Br)s1)C(c1ccc(C(F)(F)F)cc1)C(C)NC(=O)OC(C)(C)C. The molecule has 1 heterocycles. The Morgan fingerprint density at radius 3 is 2.20 bits per heavy atom. The molecule has 2 amide bonds. The van der Waals surface area contributed by atoms with E-state index in [4.69, 9.17) is 4.74 Å². The van der Waals surface area contributed by atoms with Gasteiger partial charge >= 0.3 is 12.3 Å². The predicted octanol–water partition coefficient (Wildman–Crippen LogP) is 5.99. The molecule has 0 bridgehead atoms. The van der Waals surface area contributed by atoms with Crippen LogP contribution in [-0.4, -0.2) is 47.6 Å². The van der Waals surface area contributed by atoms with E-state index in [0.717, 1.165) is 15.9 Å². The highest BCUT2D eigenvalue weighted by atomic mass is 79.9. The van der Waals surface area contributed by atoms with Gasteiger partial charge in [0.1, 0.15) is 5.60 Å². The van der Waals surface area contributed by atoms with Crippen LogP contribution in [0.4, 0.5) is 23.1 Å². The van der Waals surface area contributed by atoms with Crippen LogP contribution >= 0.6 is 27.3 Å². The molecule has 35 heavy (non-hydrogen) atoms. The molecule has 0 spiro atoms. The zero-order chi connectivity index (χ0) is 26.7. The van der Waals surface area contributed by atoms with E-state index in [1.54, 1.807) is 27.7 Å². The van der Waals surface area contributed by atoms with Crippen molar-refractivity contribution in [1.29, 1.82) is 0 Å². The normalized spacial score (nSPS) is 13.9. The maximum absolute atomic E-state index is 13.2. The highest BCUT2D eigenvalue weighted by molar-refractivity contribution is 9.11. The second-order valence-corrected chi connectivity index (χ2v) is 11.6. The third-order valence-corrected chi connectivity index (χ3v) is 6.55. The minimum atomic E-state index is -4.50. The van der Waals surface area contributed by atoms with Crippen molar-refractivity contribution < 1.29 is 27.5 Å². The Kier molecular flexibility index (Phi) is 9.34. The zero-order valence-electron chi connectivity index (χ0n) is 20.7. The number of nitrogens with zero attached hydrogens (tertiary/aromatic N) is 3. The molecule has 0 radical (unpaired) electrons. The number of alkyl carbamates (subject to hydrolysis) is 1. The fraction of sp³-hybridized carbons (Fsp3) is 0.522. The second-order valence-electron chi connectivity index (χ2n) is 9.34. The van der Waals surface area contributed by atoms with Gasteiger partial charge in [-0.15, -0.1) is 0 Å². The summed E-state index contributed by atoms with van der Waals surface area (Å²) >= 11 is 4.72. The third-order valence-electron chi connectivity index (χ3n) is 4.73. The lowest BCUT2D eigenvalue weighted by molar-refractivity contribution is -0.137. The summed E-state index contributed by atoms with van der Waals surface area (Å²) in [7, 11) is 3.76. The van der Waals surface area contributed by atoms with Crippen LogP contribution in [-0.2, 0) is 22.3 Å². The van der Waals surface area contributed by atoms with E-state index in [9.17, 15) is 22.8 Å². The van der Waals surface area contributed by atoms with Crippen LogP contribution in [0.2, 0.25) is 0 Å². The van der Waals surface area contributed by atoms with Gasteiger partial charge in [-0.25, -0.2) is 9.78 Å². The molecule has 0 aliphatic heterocycles. The minimum absolute atomic E-state index is 0.351. The fourth-order valence-corrected chi connectivity index (χ4v) is 4.91. The first kappa shape index (κ1) is 29.1. The van der Waals surface area contributed by atoms with Crippen molar-refractivity contribution in [2.75, 3.05) is 19.0 Å². The molecule has 12 heteroatoms. The van der Waals surface area contributed by atoms with Gasteiger partial charge in [0.15, 0.2) is 5.13 Å². The Balaban J connectivity index is 2.55. The van der Waals surface area contributed by atoms with Crippen LogP contribution in [0.1, 0.15) is 57.5 Å². The van der Waals surface area contributed by atoms with Crippen molar-refractivity contribution in [3.8, 4) is 0 Å². The molecule has 0 saturated carbocycles. The molecule has 0 aliphatic carbocycles. The highest BCUT2D eigenvalue weighted by Crippen LogP contribution is 2.38. The Morgan fingerprint density at radius 1 is 1.17 bits per heavy atom. The summed E-state index contributed by atoms with van der Waals surface area (Å²) < 4.78 is 45.5. The quantitative estimate of drug-likeness (QED) is 0.436. The number of carbonyl (C=O) groups excluding carboxylic acids is 2. The topological polar surface area (TPSA) is 74.8 Å². The molecular formula is C23H30BrF3N4O3S. The van der Waals surface area contributed by atoms with Gasteiger partial charge in [-0.1, -0.05) is 23.5 Å². The lowest BCUT2D eigenvalue weighted by atomic mass is 9.97. The first-order valence-corrected chi connectivity index (χ1v) is 12.4. The molecular weight excluding hydrogens is 549 g/mol. The zero-order valence-corrected chi connectivity index (χ0v) is 23.1. The van der Waals surface area contributed by atoms with Crippen molar-refractivity contribution in [1.82, 2.24) is 15.2 Å². The van der Waals surface area contributed by atoms with E-state index in [2.05, 4.69) is 26.2 Å². The lowest BCUT2D eigenvalue weighted by Gasteiger charge is -2.34. The van der Waals surface area contributed by atoms with Gasteiger partial charge in [0.25, 0.3) is 0 Å². The Morgan fingerprint density at radius 2 is 1.74 bits per heavy atom. The van der Waals surface area contributed by atoms with Gasteiger partial charge in [0.2, 0.25) is 5.91 Å². The number of anilines is 1. The van der Waals surface area contributed by atoms with E-state index in [1.165, 1.54) is 35.3 Å². The van der Waals surface area contributed by atoms with E-state index < -0.39 is 35.5 Å². The highest BCUT2D eigenvalue weighted by Gasteiger charge is 2.35. The van der Waals surface area contributed by atoms with Crippen molar-refractivity contribution in [3.63, 3.8) is 0 Å². The molecule has 2 atom stereocenters. The average Bonchev–Trinajstić information content (AvgIpc) is 3.02. The van der Waals surface area contributed by atoms with Crippen molar-refractivity contribution in [2.24, 2.45) is 0 Å². The van der Waals surface area contributed by atoms with Gasteiger partial charge in [-0.05, 0) is 75.4 Å². The Bertz CT molecular complexity index is 1040. The van der Waals surface area contributed by atoms with Gasteiger partial charge in [0, 0.05) is 13.5 Å². The van der Waals surface area contributed by atoms with Crippen LogP contribution in [0, 0.1) is 0 Å². The predicted molar refractivity (Wildman–Crippen MR) is 133 cm³/mol. The van der Waals surface area contributed by atoms with Gasteiger partial charge in [0.05, 0.1) is 27.1 Å². The molecule has 0 aliphatic rings. The molecule has 1 aromatic heterocycles. The summed E-state index contributed by atoms with van der Waals surface area (Å²) in [6.45, 7) is 8.66. The molecule has 2 aromatic rings. The Labute approximate surface area is 215 Å². The molecule has 0 saturated heterocycles. The van der Waals surface area contributed by atoms with E-state index in [-0.39, 0.29) is 5.91 Å². The molecule has 1 aromatic carbocycles. The summed E-state index contributed by atoms with van der Waals surface area (Å²) in [6, 6.07) is 2.94. The van der Waals surface area contributed by atoms with Gasteiger partial charge < -0.3 is 15.0 Å². The molecule has 2 rings (SSSR count). The maximum Gasteiger partial charge on any atom is 0.416 e. The van der Waals surface area contributed by atoms with E-state index in [1.807, 2.05) is 19.0 Å². The van der Waals surface area contributed by atoms with Crippen LogP contribution in [0.25, 0.3) is 0 Å². The minimum Gasteiger partial charge on any atom is -0.444 e. The molecule has 0 fully saturated rings. The molecule has 1 N–H and O–H groups in total. The summed E-state index contributed by atoms with van der Waals surface area (Å²) in [4.78, 5) is 33.3. The number of benzene rings is 1. The monoisotopic (exact) mass is 578 g/mol. The van der Waals surface area contributed by atoms with Crippen LogP contribution in [0.3, 0.4) is 0 Å². The standard InChI is InChI=1S/C23H30BrF3N4O3S/c1-13(28-21(33)34-22(3,4)5)18(15-8-10-16(11-9-15)23(25,26)27)31(14(2)32)20-29-17(12-30(6)7)19(24)35-20/h8-11,13,18H,12H2,1-7H3,(H,28,33). The number of thiazole rings is 1. The molecule has 194 valence electrons. The van der Waals surface area contributed by atoms with Crippen molar-refractivity contribution in [3.05, 3.63) is 44.9 Å². The number of alkyl halides is 3. The lowest BCUT2D eigenvalue weighted by Crippen LogP contribution is -2.47. The number of hydrogen-bond donors (Lipinski definition) is 1. The number of halogens is 4. The van der Waals surface area contributed by atoms with Crippen LogP contribution in [0.5, 0.6) is 0 Å². The summed E-state index contributed by atoms with van der Waals surface area (Å²) in [5.74, 6) is -0.384. The number of aromatic nitrogens is 1. The molecule has 7 nitrogen and oxygen atoms in total. The van der Waals surface area contributed by atoms with E-state index >= 15 is 0 Å². The van der Waals surface area contributed by atoms with Crippen LogP contribution in [0.15, 0.2) is 28.1 Å². The van der Waals surface area contributed by atoms with Crippen LogP contribution < -0.4 is 10.2 Å². The average molecular weight is 579 g/mol. The second kappa shape index (κ2) is 11.3. The number of amides is 2. The molecule has 2 unspecified atom stereocenters. The number of hydrogen-bond acceptors (Lipinski definition) is 6. The maximum atomic E-state index is 13.2. The van der Waals surface area contributed by atoms with Crippen molar-refractivity contribution >= 4 is 44.4 Å². The number of rotatable bonds is 7. The Hall–Kier alpha value is -2.18. The number of carbonyl (C=O) groups is 2. The van der Waals surface area contributed by atoms with E-state index in [0.29, 0.717) is 22.9 Å². The number of nitrogens with one attached hydrogen (secondary N) is 1. The smallest absolute Gasteiger partial charge is 0.416 e. The first-order valence-electron chi connectivity index (χ1n) is 10.8. The van der Waals surface area contributed by atoms with Gasteiger partial charge in [-0.2, -0.15) is 13.2 Å². The largest absolute Gasteiger partial charge is 0.444 e. The fourth-order valence-electron chi connectivity index (χ4n) is 3.37. The summed E-state index contributed by atoms with van der Waals surface area (Å²) in [6.07, 6.45) is -5.21. The third kappa shape index (κ3) is 8.18. The summed E-state index contributed by atoms with van der Waals surface area (Å²) in [5, 5.41) is 3.07. The first-order chi connectivity index (χ1) is 16.0. The number of ether oxygens (including phenoxy) is 1. The van der Waals surface area contributed by atoms with Crippen molar-refractivity contribution in [2.45, 2.75) is 65.0 Å². The summed E-state index contributed by atoms with van der Waals surface area (Å²) in [5.41, 5.74) is -0.459.